The third kappa shape index (κ3) is 6.86. The molecule has 1 aliphatic heterocycles. The smallest absolute Gasteiger partial charge is 0.350 e. The lowest BCUT2D eigenvalue weighted by atomic mass is 10.2. The Labute approximate surface area is 202 Å². The molecule has 3 rings (SSSR count). The third-order valence-electron chi connectivity index (χ3n) is 5.31. The molecule has 10 heteroatoms. The Kier molecular flexibility index (Phi) is 9.15. The molecule has 9 nitrogen and oxygen atoms in total. The Bertz CT molecular complexity index is 1020. The number of hydrogen-bond donors (Lipinski definition) is 0. The molecule has 1 aliphatic rings. The molecule has 1 aromatic heterocycles. The van der Waals surface area contributed by atoms with Gasteiger partial charge in [-0.3, -0.25) is 19.3 Å². The molecule has 1 fully saturated rings. The van der Waals surface area contributed by atoms with Gasteiger partial charge in [0.25, 0.3) is 5.91 Å². The Morgan fingerprint density at radius 2 is 1.88 bits per heavy atom. The molecule has 0 aliphatic carbocycles. The molecule has 0 atom stereocenters. The van der Waals surface area contributed by atoms with Gasteiger partial charge >= 0.3 is 11.9 Å². The summed E-state index contributed by atoms with van der Waals surface area (Å²) in [6.45, 7) is 3.65. The molecule has 0 unspecified atom stereocenters. The topological polar surface area (TPSA) is 106 Å². The molecule has 1 aromatic carbocycles. The highest BCUT2D eigenvalue weighted by molar-refractivity contribution is 7.17. The van der Waals surface area contributed by atoms with E-state index in [0.717, 1.165) is 36.2 Å². The number of ether oxygens (including phenoxy) is 2. The Balaban J connectivity index is 1.71. The van der Waals surface area contributed by atoms with Crippen molar-refractivity contribution >= 4 is 40.2 Å². The molecular weight excluding hydrogens is 458 g/mol. The van der Waals surface area contributed by atoms with Gasteiger partial charge in [0, 0.05) is 13.0 Å². The van der Waals surface area contributed by atoms with Crippen molar-refractivity contribution in [1.82, 2.24) is 9.88 Å². The van der Waals surface area contributed by atoms with Crippen LogP contribution in [0.4, 0.5) is 5.13 Å². The van der Waals surface area contributed by atoms with Crippen LogP contribution in [0.15, 0.2) is 30.3 Å². The van der Waals surface area contributed by atoms with Crippen LogP contribution >= 0.6 is 11.3 Å². The van der Waals surface area contributed by atoms with Crippen LogP contribution in [0.3, 0.4) is 0 Å². The van der Waals surface area contributed by atoms with Crippen molar-refractivity contribution < 1.29 is 28.7 Å². The zero-order valence-electron chi connectivity index (χ0n) is 19.5. The highest BCUT2D eigenvalue weighted by atomic mass is 32.1. The van der Waals surface area contributed by atoms with Crippen LogP contribution in [0.1, 0.15) is 53.5 Å². The van der Waals surface area contributed by atoms with Gasteiger partial charge in [-0.25, -0.2) is 9.78 Å². The predicted octanol–water partition coefficient (Wildman–Crippen LogP) is 3.11. The summed E-state index contributed by atoms with van der Waals surface area (Å²) in [5, 5.41) is 0.313. The minimum absolute atomic E-state index is 0.0729. The number of aromatic nitrogens is 1. The van der Waals surface area contributed by atoms with Gasteiger partial charge in [0.15, 0.2) is 11.7 Å². The first-order valence-corrected chi connectivity index (χ1v) is 12.1. The van der Waals surface area contributed by atoms with E-state index in [2.05, 4.69) is 4.98 Å². The fraction of sp³-hybridized carbons (Fsp3) is 0.458. The molecule has 34 heavy (non-hydrogen) atoms. The summed E-state index contributed by atoms with van der Waals surface area (Å²) < 4.78 is 10.3. The fourth-order valence-corrected chi connectivity index (χ4v) is 4.52. The van der Waals surface area contributed by atoms with Gasteiger partial charge in [0.05, 0.1) is 18.8 Å². The number of carbonyl (C=O) groups is 4. The van der Waals surface area contributed by atoms with Crippen molar-refractivity contribution in [3.05, 3.63) is 46.5 Å². The number of esters is 2. The third-order valence-corrected chi connectivity index (χ3v) is 6.47. The van der Waals surface area contributed by atoms with E-state index in [1.165, 1.54) is 9.80 Å². The highest BCUT2D eigenvalue weighted by Crippen LogP contribution is 2.28. The van der Waals surface area contributed by atoms with Crippen molar-refractivity contribution in [1.29, 1.82) is 0 Å². The van der Waals surface area contributed by atoms with Crippen LogP contribution in [0.25, 0.3) is 0 Å². The number of amides is 2. The van der Waals surface area contributed by atoms with E-state index in [4.69, 9.17) is 9.47 Å². The summed E-state index contributed by atoms with van der Waals surface area (Å²) in [6, 6.07) is 9.31. The zero-order valence-corrected chi connectivity index (χ0v) is 20.3. The SMILES string of the molecule is CCOC(=O)c1sc(N(Cc2ccccc2)C(=O)COC(=O)CN2CCCCCC2=O)nc1C. The maximum atomic E-state index is 13.1. The lowest BCUT2D eigenvalue weighted by Crippen LogP contribution is -2.38. The van der Waals surface area contributed by atoms with Crippen LogP contribution < -0.4 is 4.90 Å². The molecule has 2 aromatic rings. The molecule has 182 valence electrons. The van der Waals surface area contributed by atoms with Crippen LogP contribution in [-0.2, 0) is 30.4 Å². The minimum Gasteiger partial charge on any atom is -0.462 e. The number of aryl methyl sites for hydroxylation is 1. The number of thiazole rings is 1. The van der Waals surface area contributed by atoms with Gasteiger partial charge in [-0.15, -0.1) is 0 Å². The monoisotopic (exact) mass is 487 g/mol. The van der Waals surface area contributed by atoms with Gasteiger partial charge < -0.3 is 14.4 Å². The molecule has 2 heterocycles. The maximum Gasteiger partial charge on any atom is 0.350 e. The van der Waals surface area contributed by atoms with Crippen LogP contribution in [0.5, 0.6) is 0 Å². The van der Waals surface area contributed by atoms with Gasteiger partial charge in [-0.1, -0.05) is 48.1 Å². The first-order valence-electron chi connectivity index (χ1n) is 11.3. The highest BCUT2D eigenvalue weighted by Gasteiger charge is 2.26. The van der Waals surface area contributed by atoms with E-state index in [9.17, 15) is 19.2 Å². The molecular formula is C24H29N3O6S. The zero-order chi connectivity index (χ0) is 24.5. The maximum absolute atomic E-state index is 13.1. The van der Waals surface area contributed by atoms with Gasteiger partial charge in [0.1, 0.15) is 11.4 Å². The Morgan fingerprint density at radius 3 is 2.62 bits per heavy atom. The van der Waals surface area contributed by atoms with Crippen molar-refractivity contribution in [3.8, 4) is 0 Å². The normalized spacial score (nSPS) is 13.8. The van der Waals surface area contributed by atoms with Gasteiger partial charge in [-0.05, 0) is 32.3 Å². The lowest BCUT2D eigenvalue weighted by molar-refractivity contribution is -0.151. The van der Waals surface area contributed by atoms with E-state index < -0.39 is 24.5 Å². The van der Waals surface area contributed by atoms with Crippen molar-refractivity contribution in [2.24, 2.45) is 0 Å². The van der Waals surface area contributed by atoms with Crippen molar-refractivity contribution in [3.63, 3.8) is 0 Å². The standard InChI is InChI=1S/C24H29N3O6S/c1-3-32-23(31)22-17(2)25-24(34-22)27(14-18-10-6-4-7-11-18)20(29)16-33-21(30)15-26-13-9-5-8-12-19(26)28/h4,6-7,10-11H,3,5,8-9,12-16H2,1-2H3. The minimum atomic E-state index is -0.634. The lowest BCUT2D eigenvalue weighted by Gasteiger charge is -2.21. The van der Waals surface area contributed by atoms with E-state index in [-0.39, 0.29) is 25.6 Å². The summed E-state index contributed by atoms with van der Waals surface area (Å²) >= 11 is 1.05. The molecule has 0 radical (unpaired) electrons. The Hall–Kier alpha value is -3.27. The molecule has 0 saturated carbocycles. The second-order valence-electron chi connectivity index (χ2n) is 7.88. The van der Waals surface area contributed by atoms with E-state index in [1.807, 2.05) is 30.3 Å². The van der Waals surface area contributed by atoms with Gasteiger partial charge in [0.2, 0.25) is 5.91 Å². The summed E-state index contributed by atoms with van der Waals surface area (Å²) in [5.41, 5.74) is 1.31. The largest absolute Gasteiger partial charge is 0.462 e. The average molecular weight is 488 g/mol. The fourth-order valence-electron chi connectivity index (χ4n) is 3.54. The average Bonchev–Trinajstić information content (AvgIpc) is 3.10. The van der Waals surface area contributed by atoms with E-state index >= 15 is 0 Å². The molecule has 0 N–H and O–H groups in total. The molecule has 1 saturated heterocycles. The predicted molar refractivity (Wildman–Crippen MR) is 126 cm³/mol. The van der Waals surface area contributed by atoms with Crippen molar-refractivity contribution in [2.75, 3.05) is 31.2 Å². The van der Waals surface area contributed by atoms with Crippen LogP contribution in [0, 0.1) is 6.92 Å². The van der Waals surface area contributed by atoms with Gasteiger partial charge in [-0.2, -0.15) is 0 Å². The van der Waals surface area contributed by atoms with E-state index in [1.54, 1.807) is 13.8 Å². The summed E-state index contributed by atoms with van der Waals surface area (Å²) in [6.07, 6.45) is 3.03. The number of benzene rings is 1. The van der Waals surface area contributed by atoms with E-state index in [0.29, 0.717) is 28.7 Å². The van der Waals surface area contributed by atoms with Crippen molar-refractivity contribution in [2.45, 2.75) is 46.1 Å². The number of anilines is 1. The summed E-state index contributed by atoms with van der Waals surface area (Å²) in [7, 11) is 0. The molecule has 0 spiro atoms. The number of carbonyl (C=O) groups excluding carboxylic acids is 4. The number of nitrogens with zero attached hydrogens (tertiary/aromatic N) is 3. The Morgan fingerprint density at radius 1 is 1.12 bits per heavy atom. The second kappa shape index (κ2) is 12.3. The van der Waals surface area contributed by atoms with Crippen LogP contribution in [0.2, 0.25) is 0 Å². The quantitative estimate of drug-likeness (QED) is 0.500. The first-order chi connectivity index (χ1) is 16.4. The first kappa shape index (κ1) is 25.4. The number of rotatable bonds is 9. The number of hydrogen-bond acceptors (Lipinski definition) is 8. The number of likely N-dealkylation sites (tertiary alicyclic amines) is 1. The molecule has 0 bridgehead atoms. The molecule has 2 amide bonds. The summed E-state index contributed by atoms with van der Waals surface area (Å²) in [5.74, 6) is -1.69. The summed E-state index contributed by atoms with van der Waals surface area (Å²) in [4.78, 5) is 57.4. The second-order valence-corrected chi connectivity index (χ2v) is 8.86. The van der Waals surface area contributed by atoms with Crippen LogP contribution in [-0.4, -0.2) is 59.9 Å².